The number of aryl methyl sites for hydroxylation is 1. The first-order chi connectivity index (χ1) is 7.16. The van der Waals surface area contributed by atoms with E-state index in [-0.39, 0.29) is 5.91 Å². The Kier molecular flexibility index (Phi) is 2.62. The lowest BCUT2D eigenvalue weighted by molar-refractivity contribution is -0.122. The van der Waals surface area contributed by atoms with E-state index in [1.54, 1.807) is 0 Å². The SMILES string of the molecule is Cc1cc(N)ccc1[C@@H]1CCNC(=O)C1. The second-order valence-corrected chi connectivity index (χ2v) is 4.16. The quantitative estimate of drug-likeness (QED) is 0.682. The fourth-order valence-electron chi connectivity index (χ4n) is 2.21. The van der Waals surface area contributed by atoms with Crippen molar-refractivity contribution in [2.24, 2.45) is 0 Å². The van der Waals surface area contributed by atoms with Crippen molar-refractivity contribution < 1.29 is 4.79 Å². The molecule has 0 bridgehead atoms. The Morgan fingerprint density at radius 3 is 2.93 bits per heavy atom. The maximum absolute atomic E-state index is 11.3. The first-order valence-electron chi connectivity index (χ1n) is 5.29. The summed E-state index contributed by atoms with van der Waals surface area (Å²) in [6.07, 6.45) is 1.63. The van der Waals surface area contributed by atoms with E-state index in [0.717, 1.165) is 18.7 Å². The summed E-state index contributed by atoms with van der Waals surface area (Å²) in [4.78, 5) is 11.3. The minimum absolute atomic E-state index is 0.155. The third-order valence-corrected chi connectivity index (χ3v) is 2.98. The number of carbonyl (C=O) groups excluding carboxylic acids is 1. The zero-order chi connectivity index (χ0) is 10.8. The molecule has 80 valence electrons. The fourth-order valence-corrected chi connectivity index (χ4v) is 2.21. The van der Waals surface area contributed by atoms with Gasteiger partial charge in [0.25, 0.3) is 0 Å². The van der Waals surface area contributed by atoms with E-state index in [9.17, 15) is 4.79 Å². The second kappa shape index (κ2) is 3.93. The largest absolute Gasteiger partial charge is 0.399 e. The van der Waals surface area contributed by atoms with Crippen LogP contribution in [0.1, 0.15) is 29.9 Å². The van der Waals surface area contributed by atoms with Crippen molar-refractivity contribution in [1.82, 2.24) is 5.32 Å². The monoisotopic (exact) mass is 204 g/mol. The number of amides is 1. The number of nitrogen functional groups attached to an aromatic ring is 1. The third-order valence-electron chi connectivity index (χ3n) is 2.98. The molecule has 2 rings (SSSR count). The van der Waals surface area contributed by atoms with Crippen molar-refractivity contribution in [2.45, 2.75) is 25.7 Å². The number of benzene rings is 1. The van der Waals surface area contributed by atoms with Gasteiger partial charge < -0.3 is 11.1 Å². The van der Waals surface area contributed by atoms with Crippen molar-refractivity contribution in [3.05, 3.63) is 29.3 Å². The van der Waals surface area contributed by atoms with Crippen LogP contribution in [0.3, 0.4) is 0 Å². The van der Waals surface area contributed by atoms with E-state index in [1.807, 2.05) is 18.2 Å². The molecule has 3 nitrogen and oxygen atoms in total. The van der Waals surface area contributed by atoms with Crippen molar-refractivity contribution in [2.75, 3.05) is 12.3 Å². The van der Waals surface area contributed by atoms with Crippen LogP contribution in [0.15, 0.2) is 18.2 Å². The summed E-state index contributed by atoms with van der Waals surface area (Å²) in [5, 5.41) is 2.85. The number of hydrogen-bond acceptors (Lipinski definition) is 2. The molecule has 0 saturated carbocycles. The molecule has 0 radical (unpaired) electrons. The van der Waals surface area contributed by atoms with E-state index in [0.29, 0.717) is 12.3 Å². The summed E-state index contributed by atoms with van der Waals surface area (Å²) >= 11 is 0. The fraction of sp³-hybridized carbons (Fsp3) is 0.417. The number of nitrogens with one attached hydrogen (secondary N) is 1. The zero-order valence-corrected chi connectivity index (χ0v) is 8.92. The van der Waals surface area contributed by atoms with Gasteiger partial charge in [0, 0.05) is 18.7 Å². The lowest BCUT2D eigenvalue weighted by Crippen LogP contribution is -2.32. The van der Waals surface area contributed by atoms with Gasteiger partial charge in [-0.15, -0.1) is 0 Å². The molecule has 3 heteroatoms. The molecule has 1 aromatic carbocycles. The van der Waals surface area contributed by atoms with Crippen molar-refractivity contribution in [3.63, 3.8) is 0 Å². The molecule has 0 aliphatic carbocycles. The van der Waals surface area contributed by atoms with Crippen molar-refractivity contribution in [3.8, 4) is 0 Å². The van der Waals surface area contributed by atoms with Crippen molar-refractivity contribution in [1.29, 1.82) is 0 Å². The molecule has 1 amide bonds. The maximum Gasteiger partial charge on any atom is 0.220 e. The number of rotatable bonds is 1. The van der Waals surface area contributed by atoms with Gasteiger partial charge in [-0.25, -0.2) is 0 Å². The molecular weight excluding hydrogens is 188 g/mol. The van der Waals surface area contributed by atoms with Gasteiger partial charge in [0.1, 0.15) is 0 Å². The smallest absolute Gasteiger partial charge is 0.220 e. The molecule has 0 spiro atoms. The lowest BCUT2D eigenvalue weighted by Gasteiger charge is -2.23. The Balaban J connectivity index is 2.24. The van der Waals surface area contributed by atoms with Gasteiger partial charge in [-0.1, -0.05) is 6.07 Å². The van der Waals surface area contributed by atoms with E-state index in [4.69, 9.17) is 5.73 Å². The molecule has 3 N–H and O–H groups in total. The number of carbonyl (C=O) groups is 1. The highest BCUT2D eigenvalue weighted by molar-refractivity contribution is 5.77. The van der Waals surface area contributed by atoms with Crippen LogP contribution >= 0.6 is 0 Å². The normalized spacial score (nSPS) is 21.1. The highest BCUT2D eigenvalue weighted by Crippen LogP contribution is 2.29. The van der Waals surface area contributed by atoms with E-state index >= 15 is 0 Å². The minimum atomic E-state index is 0.155. The van der Waals surface area contributed by atoms with Crippen LogP contribution in [0.4, 0.5) is 5.69 Å². The first-order valence-corrected chi connectivity index (χ1v) is 5.29. The predicted octanol–water partition coefficient (Wildman–Crippen LogP) is 1.57. The Morgan fingerprint density at radius 2 is 2.27 bits per heavy atom. The van der Waals surface area contributed by atoms with Gasteiger partial charge in [0.2, 0.25) is 5.91 Å². The summed E-state index contributed by atoms with van der Waals surface area (Å²) in [6.45, 7) is 2.84. The van der Waals surface area contributed by atoms with Crippen LogP contribution in [0.2, 0.25) is 0 Å². The number of nitrogens with two attached hydrogens (primary N) is 1. The molecule has 1 aromatic rings. The van der Waals surface area contributed by atoms with Gasteiger partial charge in [0.15, 0.2) is 0 Å². The molecule has 0 aromatic heterocycles. The summed E-state index contributed by atoms with van der Waals surface area (Å²) in [5.74, 6) is 0.516. The molecule has 1 atom stereocenters. The van der Waals surface area contributed by atoms with Gasteiger partial charge in [-0.2, -0.15) is 0 Å². The van der Waals surface area contributed by atoms with Crippen LogP contribution in [-0.4, -0.2) is 12.5 Å². The van der Waals surface area contributed by atoms with E-state index < -0.39 is 0 Å². The Bertz CT molecular complexity index is 387. The van der Waals surface area contributed by atoms with Crippen LogP contribution in [-0.2, 0) is 4.79 Å². The summed E-state index contributed by atoms with van der Waals surface area (Å²) in [7, 11) is 0. The van der Waals surface area contributed by atoms with E-state index in [2.05, 4.69) is 12.2 Å². The van der Waals surface area contributed by atoms with Crippen molar-refractivity contribution >= 4 is 11.6 Å². The average Bonchev–Trinajstić information content (AvgIpc) is 2.17. The maximum atomic E-state index is 11.3. The standard InChI is InChI=1S/C12H16N2O/c1-8-6-10(13)2-3-11(8)9-4-5-14-12(15)7-9/h2-3,6,9H,4-5,7,13H2,1H3,(H,14,15)/t9-/m1/s1. The number of anilines is 1. The summed E-state index contributed by atoms with van der Waals surface area (Å²) < 4.78 is 0. The number of hydrogen-bond donors (Lipinski definition) is 2. The highest BCUT2D eigenvalue weighted by Gasteiger charge is 2.21. The summed E-state index contributed by atoms with van der Waals surface area (Å²) in [5.41, 5.74) is 8.95. The van der Waals surface area contributed by atoms with E-state index in [1.165, 1.54) is 11.1 Å². The minimum Gasteiger partial charge on any atom is -0.399 e. The second-order valence-electron chi connectivity index (χ2n) is 4.16. The predicted molar refractivity (Wildman–Crippen MR) is 60.6 cm³/mol. The molecular formula is C12H16N2O. The molecule has 15 heavy (non-hydrogen) atoms. The van der Waals surface area contributed by atoms with Gasteiger partial charge >= 0.3 is 0 Å². The Morgan fingerprint density at radius 1 is 1.47 bits per heavy atom. The molecule has 1 fully saturated rings. The molecule has 1 heterocycles. The molecule has 1 saturated heterocycles. The summed E-state index contributed by atoms with van der Waals surface area (Å²) in [6, 6.07) is 5.94. The van der Waals surface area contributed by atoms with Gasteiger partial charge in [0.05, 0.1) is 0 Å². The number of piperidine rings is 1. The molecule has 1 aliphatic rings. The topological polar surface area (TPSA) is 55.1 Å². The lowest BCUT2D eigenvalue weighted by atomic mass is 9.87. The third kappa shape index (κ3) is 2.12. The highest BCUT2D eigenvalue weighted by atomic mass is 16.1. The van der Waals surface area contributed by atoms with Crippen LogP contribution in [0.5, 0.6) is 0 Å². The zero-order valence-electron chi connectivity index (χ0n) is 8.92. The van der Waals surface area contributed by atoms with Crippen LogP contribution in [0.25, 0.3) is 0 Å². The molecule has 0 unspecified atom stereocenters. The first kappa shape index (κ1) is 10.0. The van der Waals surface area contributed by atoms with Gasteiger partial charge in [-0.05, 0) is 42.5 Å². The Labute approximate surface area is 89.7 Å². The Hall–Kier alpha value is -1.51. The average molecular weight is 204 g/mol. The van der Waals surface area contributed by atoms with Gasteiger partial charge in [-0.3, -0.25) is 4.79 Å². The van der Waals surface area contributed by atoms with Crippen LogP contribution < -0.4 is 11.1 Å². The van der Waals surface area contributed by atoms with Crippen LogP contribution in [0, 0.1) is 6.92 Å². The molecule has 1 aliphatic heterocycles.